The van der Waals surface area contributed by atoms with Gasteiger partial charge in [-0.15, -0.1) is 0 Å². The summed E-state index contributed by atoms with van der Waals surface area (Å²) in [6.45, 7) is 7.16. The minimum atomic E-state index is -0.491. The van der Waals surface area contributed by atoms with E-state index >= 15 is 0 Å². The van der Waals surface area contributed by atoms with Gasteiger partial charge in [0.25, 0.3) is 0 Å². The lowest BCUT2D eigenvalue weighted by atomic mass is 10.2. The van der Waals surface area contributed by atoms with Crippen molar-refractivity contribution in [3.8, 4) is 17.2 Å². The van der Waals surface area contributed by atoms with Gasteiger partial charge < -0.3 is 14.2 Å². The van der Waals surface area contributed by atoms with Crippen molar-refractivity contribution in [3.63, 3.8) is 0 Å². The standard InChI is InChI=1S/C14H18O5/c1-9(2)8-17-12-5-6-13(18-10(3)15)14(7-12)19-11(4)16/h5-7,9H,8H2,1-4H3. The van der Waals surface area contributed by atoms with Crippen molar-refractivity contribution >= 4 is 11.9 Å². The summed E-state index contributed by atoms with van der Waals surface area (Å²) in [6.07, 6.45) is 0. The monoisotopic (exact) mass is 266 g/mol. The second-order valence-electron chi connectivity index (χ2n) is 4.50. The Labute approximate surface area is 112 Å². The predicted octanol–water partition coefficient (Wildman–Crippen LogP) is 2.57. The summed E-state index contributed by atoms with van der Waals surface area (Å²) in [4.78, 5) is 22.0. The number of carbonyl (C=O) groups excluding carboxylic acids is 2. The molecule has 0 spiro atoms. The number of ether oxygens (including phenoxy) is 3. The second-order valence-corrected chi connectivity index (χ2v) is 4.50. The van der Waals surface area contributed by atoms with Gasteiger partial charge in [-0.3, -0.25) is 9.59 Å². The Kier molecular flexibility index (Phi) is 5.36. The maximum absolute atomic E-state index is 11.0. The van der Waals surface area contributed by atoms with Crippen LogP contribution in [-0.4, -0.2) is 18.5 Å². The first kappa shape index (κ1) is 15.0. The van der Waals surface area contributed by atoms with Crippen molar-refractivity contribution in [2.75, 3.05) is 6.61 Å². The van der Waals surface area contributed by atoms with E-state index in [1.165, 1.54) is 26.0 Å². The fraction of sp³-hybridized carbons (Fsp3) is 0.429. The summed E-state index contributed by atoms with van der Waals surface area (Å²) >= 11 is 0. The second kappa shape index (κ2) is 6.78. The molecule has 5 heteroatoms. The molecule has 19 heavy (non-hydrogen) atoms. The topological polar surface area (TPSA) is 61.8 Å². The molecular formula is C14H18O5. The number of hydrogen-bond donors (Lipinski definition) is 0. The van der Waals surface area contributed by atoms with Crippen molar-refractivity contribution in [1.82, 2.24) is 0 Å². The van der Waals surface area contributed by atoms with Crippen LogP contribution >= 0.6 is 0 Å². The van der Waals surface area contributed by atoms with Crippen LogP contribution in [-0.2, 0) is 9.59 Å². The molecule has 104 valence electrons. The summed E-state index contributed by atoms with van der Waals surface area (Å²) in [5.41, 5.74) is 0. The third-order valence-electron chi connectivity index (χ3n) is 2.01. The average molecular weight is 266 g/mol. The van der Waals surface area contributed by atoms with Gasteiger partial charge in [0.05, 0.1) is 6.61 Å². The van der Waals surface area contributed by atoms with Crippen LogP contribution in [0.25, 0.3) is 0 Å². The number of esters is 2. The van der Waals surface area contributed by atoms with E-state index in [1.54, 1.807) is 6.07 Å². The zero-order valence-electron chi connectivity index (χ0n) is 11.6. The SMILES string of the molecule is CC(=O)Oc1ccc(OCC(C)C)cc1OC(C)=O. The van der Waals surface area contributed by atoms with Crippen molar-refractivity contribution in [3.05, 3.63) is 18.2 Å². The Balaban J connectivity index is 2.93. The van der Waals surface area contributed by atoms with Crippen LogP contribution in [0.15, 0.2) is 18.2 Å². The van der Waals surface area contributed by atoms with Gasteiger partial charge in [0.15, 0.2) is 11.5 Å². The lowest BCUT2D eigenvalue weighted by molar-refractivity contribution is -0.134. The first-order valence-electron chi connectivity index (χ1n) is 6.02. The van der Waals surface area contributed by atoms with Crippen molar-refractivity contribution in [1.29, 1.82) is 0 Å². The van der Waals surface area contributed by atoms with Gasteiger partial charge in [0.1, 0.15) is 5.75 Å². The molecule has 0 bridgehead atoms. The minimum absolute atomic E-state index is 0.170. The molecule has 0 aliphatic rings. The summed E-state index contributed by atoms with van der Waals surface area (Å²) in [6, 6.07) is 4.73. The van der Waals surface area contributed by atoms with Gasteiger partial charge in [-0.05, 0) is 18.1 Å². The van der Waals surface area contributed by atoms with Crippen LogP contribution in [0.3, 0.4) is 0 Å². The number of benzene rings is 1. The molecule has 0 N–H and O–H groups in total. The third kappa shape index (κ3) is 5.42. The molecule has 0 aliphatic heterocycles. The van der Waals surface area contributed by atoms with E-state index in [2.05, 4.69) is 0 Å². The van der Waals surface area contributed by atoms with E-state index in [4.69, 9.17) is 14.2 Å². The normalized spacial score (nSPS) is 10.2. The van der Waals surface area contributed by atoms with Crippen LogP contribution in [0.5, 0.6) is 17.2 Å². The average Bonchev–Trinajstić information content (AvgIpc) is 2.28. The molecule has 0 aliphatic carbocycles. The molecule has 0 saturated heterocycles. The molecule has 0 radical (unpaired) electrons. The first-order chi connectivity index (χ1) is 8.88. The summed E-state index contributed by atoms with van der Waals surface area (Å²) in [5, 5.41) is 0. The maximum atomic E-state index is 11.0. The molecule has 0 fully saturated rings. The van der Waals surface area contributed by atoms with Crippen LogP contribution in [0, 0.1) is 5.92 Å². The van der Waals surface area contributed by atoms with Crippen molar-refractivity contribution < 1.29 is 23.8 Å². The number of rotatable bonds is 5. The highest BCUT2D eigenvalue weighted by atomic mass is 16.6. The molecule has 1 rings (SSSR count). The van der Waals surface area contributed by atoms with Gasteiger partial charge in [0, 0.05) is 19.9 Å². The zero-order valence-corrected chi connectivity index (χ0v) is 11.6. The van der Waals surface area contributed by atoms with Crippen molar-refractivity contribution in [2.45, 2.75) is 27.7 Å². The molecule has 1 aromatic carbocycles. The van der Waals surface area contributed by atoms with E-state index in [0.717, 1.165) is 0 Å². The van der Waals surface area contributed by atoms with E-state index in [0.29, 0.717) is 18.3 Å². The smallest absolute Gasteiger partial charge is 0.308 e. The maximum Gasteiger partial charge on any atom is 0.308 e. The Morgan fingerprint density at radius 1 is 1.05 bits per heavy atom. The molecule has 0 unspecified atom stereocenters. The molecule has 5 nitrogen and oxygen atoms in total. The number of hydrogen-bond acceptors (Lipinski definition) is 5. The van der Waals surface area contributed by atoms with E-state index in [-0.39, 0.29) is 11.5 Å². The minimum Gasteiger partial charge on any atom is -0.493 e. The highest BCUT2D eigenvalue weighted by molar-refractivity contribution is 5.73. The summed E-state index contributed by atoms with van der Waals surface area (Å²) in [5.74, 6) is 0.327. The third-order valence-corrected chi connectivity index (χ3v) is 2.01. The first-order valence-corrected chi connectivity index (χ1v) is 6.02. The van der Waals surface area contributed by atoms with Crippen LogP contribution in [0.4, 0.5) is 0 Å². The molecule has 0 heterocycles. The van der Waals surface area contributed by atoms with Gasteiger partial charge in [-0.2, -0.15) is 0 Å². The molecule has 0 atom stereocenters. The number of carbonyl (C=O) groups is 2. The Morgan fingerprint density at radius 2 is 1.63 bits per heavy atom. The summed E-state index contributed by atoms with van der Waals surface area (Å²) < 4.78 is 15.5. The Bertz CT molecular complexity index is 465. The zero-order chi connectivity index (χ0) is 14.4. The highest BCUT2D eigenvalue weighted by Gasteiger charge is 2.12. The quantitative estimate of drug-likeness (QED) is 0.605. The van der Waals surface area contributed by atoms with E-state index < -0.39 is 11.9 Å². The van der Waals surface area contributed by atoms with Crippen LogP contribution in [0.1, 0.15) is 27.7 Å². The molecule has 0 saturated carbocycles. The van der Waals surface area contributed by atoms with E-state index in [9.17, 15) is 9.59 Å². The Hall–Kier alpha value is -2.04. The van der Waals surface area contributed by atoms with Gasteiger partial charge >= 0.3 is 11.9 Å². The molecule has 0 amide bonds. The van der Waals surface area contributed by atoms with Gasteiger partial charge in [0.2, 0.25) is 0 Å². The summed E-state index contributed by atoms with van der Waals surface area (Å²) in [7, 11) is 0. The fourth-order valence-corrected chi connectivity index (χ4v) is 1.31. The lowest BCUT2D eigenvalue weighted by Crippen LogP contribution is -2.08. The van der Waals surface area contributed by atoms with E-state index in [1.807, 2.05) is 13.8 Å². The fourth-order valence-electron chi connectivity index (χ4n) is 1.31. The lowest BCUT2D eigenvalue weighted by Gasteiger charge is -2.12. The van der Waals surface area contributed by atoms with Crippen LogP contribution in [0.2, 0.25) is 0 Å². The molecule has 0 aromatic heterocycles. The van der Waals surface area contributed by atoms with Crippen LogP contribution < -0.4 is 14.2 Å². The largest absolute Gasteiger partial charge is 0.493 e. The highest BCUT2D eigenvalue weighted by Crippen LogP contribution is 2.32. The van der Waals surface area contributed by atoms with Gasteiger partial charge in [-0.25, -0.2) is 0 Å². The predicted molar refractivity (Wildman–Crippen MR) is 69.4 cm³/mol. The van der Waals surface area contributed by atoms with Gasteiger partial charge in [-0.1, -0.05) is 13.8 Å². The Morgan fingerprint density at radius 3 is 2.16 bits per heavy atom. The molecular weight excluding hydrogens is 248 g/mol. The molecule has 1 aromatic rings. The van der Waals surface area contributed by atoms with Crippen molar-refractivity contribution in [2.24, 2.45) is 5.92 Å².